The van der Waals surface area contributed by atoms with E-state index in [1.807, 2.05) is 13.8 Å². The van der Waals surface area contributed by atoms with E-state index in [4.69, 9.17) is 0 Å². The van der Waals surface area contributed by atoms with Gasteiger partial charge in [0.2, 0.25) is 0 Å². The van der Waals surface area contributed by atoms with E-state index in [2.05, 4.69) is 13.8 Å². The fourth-order valence-electron chi connectivity index (χ4n) is 1.09. The molecule has 0 aromatic rings. The van der Waals surface area contributed by atoms with Crippen molar-refractivity contribution >= 4 is 0 Å². The second-order valence-corrected chi connectivity index (χ2v) is 3.19. The molecule has 1 aliphatic carbocycles. The molecule has 1 rings (SSSR count). The Balaban J connectivity index is 0. The fraction of sp³-hybridized carbons (Fsp3) is 1.00. The van der Waals surface area contributed by atoms with Gasteiger partial charge >= 0.3 is 0 Å². The molecule has 0 aromatic carbocycles. The summed E-state index contributed by atoms with van der Waals surface area (Å²) in [4.78, 5) is 0. The summed E-state index contributed by atoms with van der Waals surface area (Å²) in [6.45, 7) is 8.64. The topological polar surface area (TPSA) is 0 Å². The Morgan fingerprint density at radius 3 is 2.20 bits per heavy atom. The summed E-state index contributed by atoms with van der Waals surface area (Å²) < 4.78 is 0. The molecule has 0 heteroatoms. The maximum atomic E-state index is 2.36. The van der Waals surface area contributed by atoms with Gasteiger partial charge in [0.1, 0.15) is 0 Å². The molecule has 0 unspecified atom stereocenters. The van der Waals surface area contributed by atoms with E-state index in [1.165, 1.54) is 25.7 Å². The van der Waals surface area contributed by atoms with Gasteiger partial charge in [-0.3, -0.25) is 0 Å². The van der Waals surface area contributed by atoms with Gasteiger partial charge in [0.05, 0.1) is 0 Å². The second-order valence-electron chi connectivity index (χ2n) is 3.19. The van der Waals surface area contributed by atoms with Crippen LogP contribution in [0.15, 0.2) is 0 Å². The summed E-state index contributed by atoms with van der Waals surface area (Å²) in [6.07, 6.45) is 5.90. The van der Waals surface area contributed by atoms with Crippen LogP contribution >= 0.6 is 0 Å². The fourth-order valence-corrected chi connectivity index (χ4v) is 1.09. The molecule has 0 nitrogen and oxygen atoms in total. The maximum absolute atomic E-state index is 2.36. The predicted molar refractivity (Wildman–Crippen MR) is 50.3 cm³/mol. The second kappa shape index (κ2) is 5.76. The summed E-state index contributed by atoms with van der Waals surface area (Å²) >= 11 is 0. The average Bonchev–Trinajstić information content (AvgIpc) is 2.76. The molecule has 1 atom stereocenters. The Bertz CT molecular complexity index is 67.3. The van der Waals surface area contributed by atoms with Crippen molar-refractivity contribution in [2.45, 2.75) is 53.4 Å². The number of hydrogen-bond acceptors (Lipinski definition) is 0. The minimum absolute atomic E-state index is 0. The summed E-state index contributed by atoms with van der Waals surface area (Å²) in [5.74, 6) is 2.12. The van der Waals surface area contributed by atoms with Crippen molar-refractivity contribution in [3.05, 3.63) is 0 Å². The van der Waals surface area contributed by atoms with E-state index in [1.54, 1.807) is 0 Å². The standard InChI is InChI=1S/C8H16.C2H6.H2/c1-3-7(2)6-8-4-5-8;1-2;/h7-8H,3-6H2,1-2H3;1-2H3;1H/t7-;;/m0../s1. The van der Waals surface area contributed by atoms with Crippen molar-refractivity contribution in [1.29, 1.82) is 0 Å². The molecule has 0 heterocycles. The SMILES string of the molecule is CC.CC[C@H](C)CC1CC1.[HH]. The highest BCUT2D eigenvalue weighted by molar-refractivity contribution is 4.74. The first-order chi connectivity index (χ1) is 4.83. The Labute approximate surface area is 67.5 Å². The molecule has 1 aliphatic rings. The van der Waals surface area contributed by atoms with Crippen LogP contribution in [0.3, 0.4) is 0 Å². The molecule has 0 radical (unpaired) electrons. The largest absolute Gasteiger partial charge is 0.0683 e. The van der Waals surface area contributed by atoms with E-state index < -0.39 is 0 Å². The Hall–Kier alpha value is 0. The third kappa shape index (κ3) is 4.84. The van der Waals surface area contributed by atoms with Crippen LogP contribution in [0.1, 0.15) is 54.8 Å². The highest BCUT2D eigenvalue weighted by Crippen LogP contribution is 2.35. The highest BCUT2D eigenvalue weighted by atomic mass is 14.3. The zero-order valence-corrected chi connectivity index (χ0v) is 7.98. The zero-order chi connectivity index (χ0) is 7.98. The lowest BCUT2D eigenvalue weighted by Crippen LogP contribution is -1.91. The van der Waals surface area contributed by atoms with Crippen molar-refractivity contribution in [2.24, 2.45) is 11.8 Å². The van der Waals surface area contributed by atoms with Gasteiger partial charge in [-0.25, -0.2) is 0 Å². The smallest absolute Gasteiger partial charge is 0 e. The first kappa shape index (κ1) is 10.0. The van der Waals surface area contributed by atoms with Crippen LogP contribution in [-0.4, -0.2) is 0 Å². The molecule has 10 heavy (non-hydrogen) atoms. The monoisotopic (exact) mass is 144 g/mol. The molecular weight excluding hydrogens is 120 g/mol. The van der Waals surface area contributed by atoms with Gasteiger partial charge in [-0.1, -0.05) is 47.0 Å². The number of rotatable bonds is 3. The zero-order valence-electron chi connectivity index (χ0n) is 7.98. The van der Waals surface area contributed by atoms with Crippen molar-refractivity contribution in [2.75, 3.05) is 0 Å². The number of hydrogen-bond donors (Lipinski definition) is 0. The van der Waals surface area contributed by atoms with Crippen LogP contribution in [0.4, 0.5) is 0 Å². The normalized spacial score (nSPS) is 19.2. The molecule has 0 aromatic heterocycles. The Morgan fingerprint density at radius 2 is 1.90 bits per heavy atom. The van der Waals surface area contributed by atoms with Crippen molar-refractivity contribution in [1.82, 2.24) is 0 Å². The van der Waals surface area contributed by atoms with Gasteiger partial charge in [0.15, 0.2) is 0 Å². The molecule has 0 spiro atoms. The van der Waals surface area contributed by atoms with E-state index >= 15 is 0 Å². The Kier molecular flexibility index (Phi) is 5.76. The summed E-state index contributed by atoms with van der Waals surface area (Å²) in [5.41, 5.74) is 0. The molecule has 64 valence electrons. The van der Waals surface area contributed by atoms with E-state index in [0.29, 0.717) is 0 Å². The molecule has 0 saturated heterocycles. The van der Waals surface area contributed by atoms with Gasteiger partial charge in [-0.05, 0) is 18.3 Å². The van der Waals surface area contributed by atoms with Crippen LogP contribution < -0.4 is 0 Å². The van der Waals surface area contributed by atoms with Crippen LogP contribution in [0.2, 0.25) is 0 Å². The van der Waals surface area contributed by atoms with Crippen molar-refractivity contribution in [3.63, 3.8) is 0 Å². The molecule has 0 bridgehead atoms. The van der Waals surface area contributed by atoms with Crippen LogP contribution in [0.5, 0.6) is 0 Å². The van der Waals surface area contributed by atoms with E-state index in [0.717, 1.165) is 11.8 Å². The molecular formula is C10H24. The highest BCUT2D eigenvalue weighted by Gasteiger charge is 2.22. The van der Waals surface area contributed by atoms with Crippen LogP contribution in [0, 0.1) is 11.8 Å². The lowest BCUT2D eigenvalue weighted by molar-refractivity contribution is 0.482. The lowest BCUT2D eigenvalue weighted by atomic mass is 10.0. The molecule has 0 N–H and O–H groups in total. The molecule has 1 fully saturated rings. The van der Waals surface area contributed by atoms with Gasteiger partial charge in [0.25, 0.3) is 0 Å². The molecule has 0 aliphatic heterocycles. The summed E-state index contributed by atoms with van der Waals surface area (Å²) in [5, 5.41) is 0. The van der Waals surface area contributed by atoms with Crippen LogP contribution in [0.25, 0.3) is 0 Å². The van der Waals surface area contributed by atoms with Gasteiger partial charge in [0, 0.05) is 1.43 Å². The first-order valence-electron chi connectivity index (χ1n) is 4.83. The third-order valence-corrected chi connectivity index (χ3v) is 2.13. The van der Waals surface area contributed by atoms with Gasteiger partial charge < -0.3 is 0 Å². The van der Waals surface area contributed by atoms with Crippen LogP contribution in [-0.2, 0) is 0 Å². The van der Waals surface area contributed by atoms with Crippen molar-refractivity contribution in [3.8, 4) is 0 Å². The Morgan fingerprint density at radius 1 is 1.40 bits per heavy atom. The molecule has 0 amide bonds. The maximum Gasteiger partial charge on any atom is 0 e. The average molecular weight is 144 g/mol. The van der Waals surface area contributed by atoms with Gasteiger partial charge in [-0.2, -0.15) is 0 Å². The molecule has 1 saturated carbocycles. The summed E-state index contributed by atoms with van der Waals surface area (Å²) in [7, 11) is 0. The minimum Gasteiger partial charge on any atom is -0.0683 e. The predicted octanol–water partition coefficient (Wildman–Crippen LogP) is 4.10. The lowest BCUT2D eigenvalue weighted by Gasteiger charge is -2.04. The van der Waals surface area contributed by atoms with E-state index in [-0.39, 0.29) is 1.43 Å². The first-order valence-corrected chi connectivity index (χ1v) is 4.83. The van der Waals surface area contributed by atoms with Crippen molar-refractivity contribution < 1.29 is 1.43 Å². The quantitative estimate of drug-likeness (QED) is 0.559. The summed E-state index contributed by atoms with van der Waals surface area (Å²) in [6, 6.07) is 0. The minimum atomic E-state index is 0. The van der Waals surface area contributed by atoms with E-state index in [9.17, 15) is 0 Å². The third-order valence-electron chi connectivity index (χ3n) is 2.13. The van der Waals surface area contributed by atoms with Gasteiger partial charge in [-0.15, -0.1) is 0 Å².